The van der Waals surface area contributed by atoms with Crippen molar-refractivity contribution in [2.45, 2.75) is 63.5 Å². The van der Waals surface area contributed by atoms with Crippen LogP contribution in [0, 0.1) is 0 Å². The van der Waals surface area contributed by atoms with Crippen molar-refractivity contribution in [1.29, 1.82) is 0 Å². The first-order chi connectivity index (χ1) is 14.3. The van der Waals surface area contributed by atoms with Crippen LogP contribution in [-0.4, -0.2) is 53.3 Å². The molecule has 5 atom stereocenters. The third kappa shape index (κ3) is 4.12. The Balaban J connectivity index is 2.22. The fraction of sp³-hybridized carbons (Fsp3) is 0.500. The number of hydrogen-bond acceptors (Lipinski definition) is 4. The number of halogens is 1. The molecule has 0 spiro atoms. The zero-order valence-electron chi connectivity index (χ0n) is 18.7. The van der Waals surface area contributed by atoms with E-state index in [1.807, 2.05) is 43.3 Å². The summed E-state index contributed by atoms with van der Waals surface area (Å²) in [6, 6.07) is 20.6. The Kier molecular flexibility index (Phi) is 7.15. The van der Waals surface area contributed by atoms with Gasteiger partial charge < -0.3 is 18.6 Å². The molecule has 0 aliphatic carbocycles. The van der Waals surface area contributed by atoms with Crippen LogP contribution in [0.1, 0.15) is 27.7 Å². The molecule has 0 N–H and O–H groups in total. The van der Waals surface area contributed by atoms with Crippen molar-refractivity contribution in [2.75, 3.05) is 14.2 Å². The Morgan fingerprint density at radius 1 is 0.800 bits per heavy atom. The summed E-state index contributed by atoms with van der Waals surface area (Å²) < 4.78 is 38.8. The van der Waals surface area contributed by atoms with Gasteiger partial charge >= 0.3 is 0 Å². The maximum atomic E-state index is 14.9. The highest BCUT2D eigenvalue weighted by atomic mass is 28.4. The van der Waals surface area contributed by atoms with E-state index in [-0.39, 0.29) is 5.04 Å². The zero-order chi connectivity index (χ0) is 21.9. The molecule has 1 heterocycles. The van der Waals surface area contributed by atoms with Crippen molar-refractivity contribution >= 4 is 18.7 Å². The summed E-state index contributed by atoms with van der Waals surface area (Å²) in [7, 11) is 0.205. The van der Waals surface area contributed by atoms with Gasteiger partial charge in [0.2, 0.25) is 6.36 Å². The molecule has 164 valence electrons. The third-order valence-electron chi connectivity index (χ3n) is 5.99. The standard InChI is InChI=1S/C24H33FO4Si/c1-17-20(26-5)21(22(27-6)23(25)28-17)29-30(24(2,3)4,18-13-9-7-10-14-18)19-15-11-8-12-16-19/h7-17,20-23H,1-6H3/t17-,20-,21+,22+,23+/m0/s1. The largest absolute Gasteiger partial charge is 0.399 e. The van der Waals surface area contributed by atoms with Gasteiger partial charge in [-0.1, -0.05) is 81.4 Å². The van der Waals surface area contributed by atoms with Gasteiger partial charge in [-0.15, -0.1) is 0 Å². The van der Waals surface area contributed by atoms with E-state index >= 15 is 0 Å². The number of hydrogen-bond donors (Lipinski definition) is 0. The lowest BCUT2D eigenvalue weighted by Gasteiger charge is -2.50. The summed E-state index contributed by atoms with van der Waals surface area (Å²) >= 11 is 0. The SMILES string of the molecule is CO[C@@H]1[C@@H](O[Si](c2ccccc2)(c2ccccc2)C(C)(C)C)[C@@H](OC)[C@H](F)O[C@H]1C. The van der Waals surface area contributed by atoms with Crippen LogP contribution in [0.15, 0.2) is 60.7 Å². The Hall–Kier alpha value is -1.57. The molecule has 3 rings (SSSR count). The molecule has 0 unspecified atom stereocenters. The van der Waals surface area contributed by atoms with Gasteiger partial charge in [-0.25, -0.2) is 4.39 Å². The topological polar surface area (TPSA) is 36.9 Å². The van der Waals surface area contributed by atoms with Crippen LogP contribution in [0.3, 0.4) is 0 Å². The molecule has 0 bridgehead atoms. The highest BCUT2D eigenvalue weighted by Crippen LogP contribution is 2.40. The quantitative estimate of drug-likeness (QED) is 0.653. The molecule has 2 aromatic rings. The molecule has 6 heteroatoms. The predicted molar refractivity (Wildman–Crippen MR) is 120 cm³/mol. The second-order valence-electron chi connectivity index (χ2n) is 8.84. The number of ether oxygens (including phenoxy) is 3. The minimum Gasteiger partial charge on any atom is -0.399 e. The predicted octanol–water partition coefficient (Wildman–Crippen LogP) is 3.68. The fourth-order valence-corrected chi connectivity index (χ4v) is 9.25. The van der Waals surface area contributed by atoms with Crippen LogP contribution in [0.5, 0.6) is 0 Å². The van der Waals surface area contributed by atoms with Gasteiger partial charge in [0, 0.05) is 14.2 Å². The van der Waals surface area contributed by atoms with E-state index in [0.29, 0.717) is 0 Å². The molecule has 0 aromatic heterocycles. The zero-order valence-corrected chi connectivity index (χ0v) is 19.7. The van der Waals surface area contributed by atoms with Gasteiger partial charge in [0.1, 0.15) is 18.3 Å². The van der Waals surface area contributed by atoms with Crippen molar-refractivity contribution in [2.24, 2.45) is 0 Å². The van der Waals surface area contributed by atoms with E-state index in [1.165, 1.54) is 7.11 Å². The second-order valence-corrected chi connectivity index (χ2v) is 13.1. The number of benzene rings is 2. The van der Waals surface area contributed by atoms with Crippen LogP contribution in [0.4, 0.5) is 4.39 Å². The number of rotatable bonds is 6. The lowest BCUT2D eigenvalue weighted by Crippen LogP contribution is -2.71. The summed E-state index contributed by atoms with van der Waals surface area (Å²) in [5, 5.41) is 2.02. The lowest BCUT2D eigenvalue weighted by molar-refractivity contribution is -0.260. The third-order valence-corrected chi connectivity index (χ3v) is 11.0. The fourth-order valence-electron chi connectivity index (χ4n) is 4.56. The molecule has 1 aliphatic heterocycles. The lowest BCUT2D eigenvalue weighted by atomic mass is 10.0. The molecular formula is C24H33FO4Si. The maximum Gasteiger partial charge on any atom is 0.261 e. The summed E-state index contributed by atoms with van der Waals surface area (Å²) in [6.45, 7) is 8.39. The van der Waals surface area contributed by atoms with Crippen molar-refractivity contribution in [3.8, 4) is 0 Å². The minimum absolute atomic E-state index is 0.236. The Labute approximate surface area is 180 Å². The van der Waals surface area contributed by atoms with E-state index in [1.54, 1.807) is 7.11 Å². The average Bonchev–Trinajstić information content (AvgIpc) is 2.72. The molecule has 0 saturated carbocycles. The van der Waals surface area contributed by atoms with Crippen LogP contribution < -0.4 is 10.4 Å². The van der Waals surface area contributed by atoms with Crippen LogP contribution in [-0.2, 0) is 18.6 Å². The van der Waals surface area contributed by atoms with Gasteiger partial charge in [0.15, 0.2) is 0 Å². The second kappa shape index (κ2) is 9.28. The van der Waals surface area contributed by atoms with Crippen molar-refractivity contribution in [3.63, 3.8) is 0 Å². The first-order valence-corrected chi connectivity index (χ1v) is 12.3. The van der Waals surface area contributed by atoms with Crippen LogP contribution in [0.2, 0.25) is 5.04 Å². The van der Waals surface area contributed by atoms with Crippen molar-refractivity contribution < 1.29 is 23.0 Å². The summed E-state index contributed by atoms with van der Waals surface area (Å²) in [6.07, 6.45) is -4.00. The van der Waals surface area contributed by atoms with Crippen LogP contribution in [0.25, 0.3) is 0 Å². The van der Waals surface area contributed by atoms with Gasteiger partial charge in [0.25, 0.3) is 8.32 Å². The van der Waals surface area contributed by atoms with E-state index in [4.69, 9.17) is 18.6 Å². The Morgan fingerprint density at radius 3 is 1.67 bits per heavy atom. The molecule has 4 nitrogen and oxygen atoms in total. The van der Waals surface area contributed by atoms with Gasteiger partial charge in [-0.3, -0.25) is 0 Å². The first-order valence-electron chi connectivity index (χ1n) is 10.4. The molecule has 2 aromatic carbocycles. The van der Waals surface area contributed by atoms with Crippen LogP contribution >= 0.6 is 0 Å². The normalized spacial score (nSPS) is 27.8. The van der Waals surface area contributed by atoms with E-state index in [2.05, 4.69) is 45.0 Å². The van der Waals surface area contributed by atoms with Gasteiger partial charge in [-0.2, -0.15) is 0 Å². The molecule has 1 saturated heterocycles. The van der Waals surface area contributed by atoms with Crippen molar-refractivity contribution in [3.05, 3.63) is 60.7 Å². The summed E-state index contributed by atoms with van der Waals surface area (Å²) in [5.41, 5.74) is 0. The average molecular weight is 433 g/mol. The molecule has 0 radical (unpaired) electrons. The molecular weight excluding hydrogens is 399 g/mol. The van der Waals surface area contributed by atoms with Gasteiger partial charge in [0.05, 0.1) is 6.10 Å². The molecule has 1 fully saturated rings. The maximum absolute atomic E-state index is 14.9. The van der Waals surface area contributed by atoms with Crippen molar-refractivity contribution in [1.82, 2.24) is 0 Å². The number of methoxy groups -OCH3 is 2. The van der Waals surface area contributed by atoms with E-state index in [9.17, 15) is 4.39 Å². The Morgan fingerprint density at radius 2 is 1.27 bits per heavy atom. The summed E-state index contributed by atoms with van der Waals surface area (Å²) in [4.78, 5) is 0. The van der Waals surface area contributed by atoms with E-state index < -0.39 is 39.1 Å². The molecule has 1 aliphatic rings. The minimum atomic E-state index is -2.89. The summed E-state index contributed by atoms with van der Waals surface area (Å²) in [5.74, 6) is 0. The van der Waals surface area contributed by atoms with Gasteiger partial charge in [-0.05, 0) is 22.3 Å². The monoisotopic (exact) mass is 432 g/mol. The van der Waals surface area contributed by atoms with E-state index in [0.717, 1.165) is 10.4 Å². The molecule has 30 heavy (non-hydrogen) atoms. The first kappa shape index (κ1) is 23.1. The highest BCUT2D eigenvalue weighted by Gasteiger charge is 2.56. The molecule has 0 amide bonds. The smallest absolute Gasteiger partial charge is 0.261 e. The number of alkyl halides is 1. The Bertz CT molecular complexity index is 740. The highest BCUT2D eigenvalue weighted by molar-refractivity contribution is 6.99.